The number of nitrogens with zero attached hydrogens (tertiary/aromatic N) is 2. The fraction of sp³-hybridized carbons (Fsp3) is 0.706. The van der Waals surface area contributed by atoms with Gasteiger partial charge >= 0.3 is 0 Å². The van der Waals surface area contributed by atoms with E-state index in [1.165, 1.54) is 37.8 Å². The highest BCUT2D eigenvalue weighted by Gasteiger charge is 2.49. The maximum Gasteiger partial charge on any atom is 0.123 e. The minimum absolute atomic E-state index is 0.620. The van der Waals surface area contributed by atoms with Crippen molar-refractivity contribution in [3.8, 4) is 0 Å². The molecule has 0 unspecified atom stereocenters. The summed E-state index contributed by atoms with van der Waals surface area (Å²) in [7, 11) is 0. The maximum absolute atomic E-state index is 5.73. The predicted molar refractivity (Wildman–Crippen MR) is 82.5 cm³/mol. The molecule has 2 N–H and O–H groups in total. The van der Waals surface area contributed by atoms with E-state index in [-0.39, 0.29) is 0 Å². The minimum atomic E-state index is 0.620. The van der Waals surface area contributed by atoms with Crippen molar-refractivity contribution in [1.82, 2.24) is 4.98 Å². The van der Waals surface area contributed by atoms with Crippen LogP contribution in [0.4, 0.5) is 11.5 Å². The first-order chi connectivity index (χ1) is 9.74. The third-order valence-corrected chi connectivity index (χ3v) is 5.98. The van der Waals surface area contributed by atoms with Gasteiger partial charge in [-0.15, -0.1) is 0 Å². The van der Waals surface area contributed by atoms with Crippen molar-refractivity contribution in [3.63, 3.8) is 0 Å². The van der Waals surface area contributed by atoms with Crippen LogP contribution in [-0.4, -0.2) is 17.6 Å². The lowest BCUT2D eigenvalue weighted by molar-refractivity contribution is -0.00255. The summed E-state index contributed by atoms with van der Waals surface area (Å²) in [6, 6.07) is 4.84. The van der Waals surface area contributed by atoms with Gasteiger partial charge in [-0.2, -0.15) is 0 Å². The Balaban J connectivity index is 1.63. The molecule has 0 spiro atoms. The van der Waals surface area contributed by atoms with Crippen LogP contribution in [0, 0.1) is 23.7 Å². The largest absolute Gasteiger partial charge is 0.384 e. The van der Waals surface area contributed by atoms with Crippen LogP contribution in [0.5, 0.6) is 0 Å². The van der Waals surface area contributed by atoms with Gasteiger partial charge in [-0.05, 0) is 74.8 Å². The minimum Gasteiger partial charge on any atom is -0.384 e. The summed E-state index contributed by atoms with van der Waals surface area (Å²) in [5.41, 5.74) is 7.00. The number of anilines is 2. The number of nitrogen functional groups attached to an aromatic ring is 1. The quantitative estimate of drug-likeness (QED) is 0.917. The Labute approximate surface area is 121 Å². The van der Waals surface area contributed by atoms with Crippen LogP contribution in [0.3, 0.4) is 0 Å². The second-order valence-electron chi connectivity index (χ2n) is 7.15. The summed E-state index contributed by atoms with van der Waals surface area (Å²) >= 11 is 0. The molecule has 0 amide bonds. The van der Waals surface area contributed by atoms with Gasteiger partial charge in [-0.1, -0.05) is 0 Å². The zero-order valence-corrected chi connectivity index (χ0v) is 12.3. The first-order valence-corrected chi connectivity index (χ1v) is 8.22. The average Bonchev–Trinajstić information content (AvgIpc) is 2.43. The lowest BCUT2D eigenvalue weighted by atomic mass is 9.54. The summed E-state index contributed by atoms with van der Waals surface area (Å²) in [5.74, 6) is 4.54. The van der Waals surface area contributed by atoms with Gasteiger partial charge in [0.2, 0.25) is 0 Å². The Morgan fingerprint density at radius 3 is 2.25 bits per heavy atom. The molecule has 0 aromatic carbocycles. The first-order valence-electron chi connectivity index (χ1n) is 8.22. The molecule has 4 fully saturated rings. The Morgan fingerprint density at radius 1 is 1.10 bits per heavy atom. The standard InChI is InChI=1S/C17H25N3/c1-2-20(15-3-4-16(18)19-10-15)17-13-6-11-5-12(8-13)9-14(17)7-11/h3-4,10-14,17H,2,5-9H2,1H3,(H2,18,19). The van der Waals surface area contributed by atoms with E-state index in [9.17, 15) is 0 Å². The van der Waals surface area contributed by atoms with Gasteiger partial charge in [0.1, 0.15) is 5.82 Å². The zero-order valence-electron chi connectivity index (χ0n) is 12.3. The van der Waals surface area contributed by atoms with Crippen LogP contribution < -0.4 is 10.6 Å². The SMILES string of the molecule is CCN(c1ccc(N)nc1)C1C2CC3CC(C2)CC1C3. The summed E-state index contributed by atoms with van der Waals surface area (Å²) in [5, 5.41) is 0. The highest BCUT2D eigenvalue weighted by atomic mass is 15.2. The van der Waals surface area contributed by atoms with Crippen molar-refractivity contribution < 1.29 is 0 Å². The van der Waals surface area contributed by atoms with Crippen molar-refractivity contribution in [1.29, 1.82) is 0 Å². The Bertz CT molecular complexity index is 454. The lowest BCUT2D eigenvalue weighted by Crippen LogP contribution is -2.56. The van der Waals surface area contributed by atoms with Gasteiger partial charge in [0.05, 0.1) is 11.9 Å². The second kappa shape index (κ2) is 4.64. The predicted octanol–water partition coefficient (Wildman–Crippen LogP) is 3.31. The first kappa shape index (κ1) is 12.5. The van der Waals surface area contributed by atoms with Crippen molar-refractivity contribution in [2.75, 3.05) is 17.2 Å². The third kappa shape index (κ3) is 1.90. The zero-order chi connectivity index (χ0) is 13.7. The maximum atomic E-state index is 5.73. The van der Waals surface area contributed by atoms with Crippen LogP contribution in [0.2, 0.25) is 0 Å². The normalized spacial score (nSPS) is 38.1. The van der Waals surface area contributed by atoms with Gasteiger partial charge in [-0.3, -0.25) is 0 Å². The number of nitrogens with two attached hydrogens (primary N) is 1. The second-order valence-corrected chi connectivity index (χ2v) is 7.15. The van der Waals surface area contributed by atoms with E-state index < -0.39 is 0 Å². The highest BCUT2D eigenvalue weighted by molar-refractivity contribution is 5.49. The van der Waals surface area contributed by atoms with Gasteiger partial charge < -0.3 is 10.6 Å². The molecular formula is C17H25N3. The fourth-order valence-corrected chi connectivity index (χ4v) is 5.54. The number of rotatable bonds is 3. The Morgan fingerprint density at radius 2 is 1.75 bits per heavy atom. The topological polar surface area (TPSA) is 42.1 Å². The van der Waals surface area contributed by atoms with Crippen LogP contribution >= 0.6 is 0 Å². The molecule has 4 aliphatic carbocycles. The van der Waals surface area contributed by atoms with E-state index in [1.54, 1.807) is 0 Å². The number of pyridine rings is 1. The van der Waals surface area contributed by atoms with E-state index in [1.807, 2.05) is 12.3 Å². The Hall–Kier alpha value is -1.25. The molecule has 1 aromatic heterocycles. The van der Waals surface area contributed by atoms with Crippen molar-refractivity contribution in [2.45, 2.75) is 45.1 Å². The molecule has 3 heteroatoms. The van der Waals surface area contributed by atoms with E-state index in [0.717, 1.165) is 36.3 Å². The van der Waals surface area contributed by atoms with Gasteiger partial charge in [0.25, 0.3) is 0 Å². The molecule has 1 aromatic rings. The van der Waals surface area contributed by atoms with Gasteiger partial charge in [0.15, 0.2) is 0 Å². The molecule has 1 heterocycles. The number of aromatic nitrogens is 1. The molecular weight excluding hydrogens is 246 g/mol. The summed E-state index contributed by atoms with van der Waals surface area (Å²) in [6.45, 7) is 3.36. The molecule has 3 nitrogen and oxygen atoms in total. The molecule has 4 aliphatic rings. The molecule has 108 valence electrons. The smallest absolute Gasteiger partial charge is 0.123 e. The van der Waals surface area contributed by atoms with E-state index in [4.69, 9.17) is 5.73 Å². The van der Waals surface area contributed by atoms with Gasteiger partial charge in [0, 0.05) is 12.6 Å². The molecule has 0 radical (unpaired) electrons. The van der Waals surface area contributed by atoms with Crippen LogP contribution in [0.25, 0.3) is 0 Å². The lowest BCUT2D eigenvalue weighted by Gasteiger charge is -2.57. The van der Waals surface area contributed by atoms with Crippen LogP contribution in [-0.2, 0) is 0 Å². The van der Waals surface area contributed by atoms with E-state index in [2.05, 4.69) is 22.9 Å². The van der Waals surface area contributed by atoms with Crippen molar-refractivity contribution in [3.05, 3.63) is 18.3 Å². The number of hydrogen-bond donors (Lipinski definition) is 1. The summed E-state index contributed by atoms with van der Waals surface area (Å²) < 4.78 is 0. The van der Waals surface area contributed by atoms with Crippen molar-refractivity contribution in [2.24, 2.45) is 23.7 Å². The molecule has 0 atom stereocenters. The van der Waals surface area contributed by atoms with Crippen LogP contribution in [0.1, 0.15) is 39.0 Å². The monoisotopic (exact) mass is 271 g/mol. The van der Waals surface area contributed by atoms with Crippen LogP contribution in [0.15, 0.2) is 18.3 Å². The average molecular weight is 271 g/mol. The molecule has 20 heavy (non-hydrogen) atoms. The third-order valence-electron chi connectivity index (χ3n) is 5.98. The summed E-state index contributed by atoms with van der Waals surface area (Å²) in [4.78, 5) is 6.91. The number of hydrogen-bond acceptors (Lipinski definition) is 3. The summed E-state index contributed by atoms with van der Waals surface area (Å²) in [6.07, 6.45) is 9.36. The molecule has 4 bridgehead atoms. The van der Waals surface area contributed by atoms with E-state index >= 15 is 0 Å². The van der Waals surface area contributed by atoms with E-state index in [0.29, 0.717) is 5.82 Å². The molecule has 5 rings (SSSR count). The molecule has 0 aliphatic heterocycles. The van der Waals surface area contributed by atoms with Crippen molar-refractivity contribution >= 4 is 11.5 Å². The molecule has 4 saturated carbocycles. The highest BCUT2D eigenvalue weighted by Crippen LogP contribution is 2.55. The Kier molecular flexibility index (Phi) is 2.90. The molecule has 0 saturated heterocycles. The van der Waals surface area contributed by atoms with Gasteiger partial charge in [-0.25, -0.2) is 4.98 Å². The fourth-order valence-electron chi connectivity index (χ4n) is 5.54.